The van der Waals surface area contributed by atoms with E-state index in [2.05, 4.69) is 5.32 Å². The molecule has 0 radical (unpaired) electrons. The van der Waals surface area contributed by atoms with Crippen LogP contribution in [0.4, 0.5) is 0 Å². The summed E-state index contributed by atoms with van der Waals surface area (Å²) in [5.74, 6) is 0.222. The Morgan fingerprint density at radius 1 is 1.50 bits per heavy atom. The van der Waals surface area contributed by atoms with Crippen LogP contribution in [0.15, 0.2) is 18.2 Å². The van der Waals surface area contributed by atoms with E-state index in [1.807, 2.05) is 6.26 Å². The van der Waals surface area contributed by atoms with Crippen LogP contribution in [0.1, 0.15) is 17.3 Å². The van der Waals surface area contributed by atoms with E-state index in [1.54, 1.807) is 19.1 Å². The summed E-state index contributed by atoms with van der Waals surface area (Å²) < 4.78 is 0. The van der Waals surface area contributed by atoms with Crippen molar-refractivity contribution < 1.29 is 9.90 Å². The number of hydrogen-bond acceptors (Lipinski definition) is 3. The molecule has 0 saturated carbocycles. The van der Waals surface area contributed by atoms with Crippen molar-refractivity contribution in [2.75, 3.05) is 18.6 Å². The van der Waals surface area contributed by atoms with E-state index in [-0.39, 0.29) is 12.5 Å². The molecule has 0 heterocycles. The summed E-state index contributed by atoms with van der Waals surface area (Å²) in [6, 6.07) is 4.67. The van der Waals surface area contributed by atoms with Gasteiger partial charge in [-0.15, -0.1) is 0 Å². The Morgan fingerprint density at radius 2 is 2.17 bits per heavy atom. The molecule has 18 heavy (non-hydrogen) atoms. The fourth-order valence-corrected chi connectivity index (χ4v) is 2.62. The Kier molecular flexibility index (Phi) is 5.79. The van der Waals surface area contributed by atoms with Crippen LogP contribution in [0.3, 0.4) is 0 Å². The molecule has 1 aromatic rings. The number of nitrogens with one attached hydrogen (secondary N) is 1. The number of carbonyl (C=O) groups excluding carboxylic acids is 1. The second kappa shape index (κ2) is 6.66. The van der Waals surface area contributed by atoms with Crippen LogP contribution < -0.4 is 5.32 Å². The molecule has 0 aromatic heterocycles. The molecule has 0 saturated heterocycles. The van der Waals surface area contributed by atoms with Gasteiger partial charge in [0.2, 0.25) is 0 Å². The molecule has 1 aromatic carbocycles. The maximum Gasteiger partial charge on any atom is 0.252 e. The van der Waals surface area contributed by atoms with Gasteiger partial charge in [-0.1, -0.05) is 23.2 Å². The molecule has 2 N–H and O–H groups in total. The van der Waals surface area contributed by atoms with Gasteiger partial charge < -0.3 is 10.4 Å². The largest absolute Gasteiger partial charge is 0.387 e. The van der Waals surface area contributed by atoms with Gasteiger partial charge >= 0.3 is 0 Å². The SMILES string of the molecule is CSCC(C)(O)CNC(=O)c1ccc(Cl)cc1Cl. The van der Waals surface area contributed by atoms with Gasteiger partial charge in [0.15, 0.2) is 0 Å². The Bertz CT molecular complexity index is 438. The molecule has 1 rings (SSSR count). The molecule has 0 bridgehead atoms. The third kappa shape index (κ3) is 4.69. The van der Waals surface area contributed by atoms with Gasteiger partial charge in [-0.05, 0) is 31.4 Å². The Morgan fingerprint density at radius 3 is 2.72 bits per heavy atom. The van der Waals surface area contributed by atoms with Gasteiger partial charge in [0.05, 0.1) is 16.2 Å². The Labute approximate surface area is 121 Å². The van der Waals surface area contributed by atoms with Gasteiger partial charge in [-0.25, -0.2) is 0 Å². The van der Waals surface area contributed by atoms with Crippen molar-refractivity contribution in [3.05, 3.63) is 33.8 Å². The highest BCUT2D eigenvalue weighted by molar-refractivity contribution is 7.98. The van der Waals surface area contributed by atoms with Gasteiger partial charge in [-0.3, -0.25) is 4.79 Å². The standard InChI is InChI=1S/C12H15Cl2NO2S/c1-12(17,7-18-2)6-15-11(16)9-4-3-8(13)5-10(9)14/h3-5,17H,6-7H2,1-2H3,(H,15,16). The first-order chi connectivity index (χ1) is 8.35. The number of carbonyl (C=O) groups is 1. The first-order valence-electron chi connectivity index (χ1n) is 5.30. The molecule has 1 unspecified atom stereocenters. The highest BCUT2D eigenvalue weighted by Gasteiger charge is 2.21. The van der Waals surface area contributed by atoms with Crippen molar-refractivity contribution >= 4 is 40.9 Å². The average Bonchev–Trinajstić information content (AvgIpc) is 2.26. The van der Waals surface area contributed by atoms with Crippen LogP contribution in [-0.4, -0.2) is 35.2 Å². The number of hydrogen-bond donors (Lipinski definition) is 2. The quantitative estimate of drug-likeness (QED) is 0.879. The summed E-state index contributed by atoms with van der Waals surface area (Å²) >= 11 is 13.2. The summed E-state index contributed by atoms with van der Waals surface area (Å²) in [5.41, 5.74) is -0.588. The molecule has 100 valence electrons. The Hall–Kier alpha value is -0.420. The zero-order valence-corrected chi connectivity index (χ0v) is 12.5. The van der Waals surface area contributed by atoms with E-state index in [4.69, 9.17) is 23.2 Å². The molecule has 6 heteroatoms. The van der Waals surface area contributed by atoms with Crippen molar-refractivity contribution in [3.63, 3.8) is 0 Å². The molecule has 1 amide bonds. The summed E-state index contributed by atoms with van der Waals surface area (Å²) in [5, 5.41) is 13.4. The number of rotatable bonds is 5. The van der Waals surface area contributed by atoms with E-state index in [0.29, 0.717) is 21.4 Å². The number of halogens is 2. The first kappa shape index (κ1) is 15.6. The fraction of sp³-hybridized carbons (Fsp3) is 0.417. The van der Waals surface area contributed by atoms with Crippen LogP contribution in [0, 0.1) is 0 Å². The van der Waals surface area contributed by atoms with Crippen molar-refractivity contribution in [3.8, 4) is 0 Å². The van der Waals surface area contributed by atoms with E-state index < -0.39 is 5.60 Å². The lowest BCUT2D eigenvalue weighted by atomic mass is 10.1. The highest BCUT2D eigenvalue weighted by atomic mass is 35.5. The first-order valence-corrected chi connectivity index (χ1v) is 7.45. The second-order valence-electron chi connectivity index (χ2n) is 4.24. The number of thioether (sulfide) groups is 1. The highest BCUT2D eigenvalue weighted by Crippen LogP contribution is 2.21. The summed E-state index contributed by atoms with van der Waals surface area (Å²) in [4.78, 5) is 11.9. The zero-order valence-electron chi connectivity index (χ0n) is 10.2. The van der Waals surface area contributed by atoms with E-state index in [9.17, 15) is 9.90 Å². The maximum absolute atomic E-state index is 11.9. The van der Waals surface area contributed by atoms with Crippen LogP contribution in [0.2, 0.25) is 10.0 Å². The lowest BCUT2D eigenvalue weighted by Gasteiger charge is -2.22. The summed E-state index contributed by atoms with van der Waals surface area (Å²) in [7, 11) is 0. The third-order valence-corrected chi connectivity index (χ3v) is 3.72. The molecule has 3 nitrogen and oxygen atoms in total. The molecule has 1 atom stereocenters. The van der Waals surface area contributed by atoms with Gasteiger partial charge in [0.25, 0.3) is 5.91 Å². The van der Waals surface area contributed by atoms with E-state index in [1.165, 1.54) is 17.8 Å². The Balaban J connectivity index is 2.66. The van der Waals surface area contributed by atoms with E-state index >= 15 is 0 Å². The summed E-state index contributed by atoms with van der Waals surface area (Å²) in [6.07, 6.45) is 1.90. The molecular formula is C12H15Cl2NO2S. The topological polar surface area (TPSA) is 49.3 Å². The number of aliphatic hydroxyl groups is 1. The van der Waals surface area contributed by atoms with Crippen molar-refractivity contribution in [2.24, 2.45) is 0 Å². The van der Waals surface area contributed by atoms with Crippen molar-refractivity contribution in [1.29, 1.82) is 0 Å². The fourth-order valence-electron chi connectivity index (χ4n) is 1.40. The van der Waals surface area contributed by atoms with E-state index in [0.717, 1.165) is 0 Å². The molecule has 0 fully saturated rings. The zero-order chi connectivity index (χ0) is 13.8. The van der Waals surface area contributed by atoms with Gasteiger partial charge in [0.1, 0.15) is 0 Å². The minimum atomic E-state index is -0.937. The lowest BCUT2D eigenvalue weighted by Crippen LogP contribution is -2.42. The molecule has 0 aliphatic rings. The van der Waals surface area contributed by atoms with Crippen molar-refractivity contribution in [2.45, 2.75) is 12.5 Å². The molecule has 0 aliphatic carbocycles. The number of amides is 1. The van der Waals surface area contributed by atoms with Crippen molar-refractivity contribution in [1.82, 2.24) is 5.32 Å². The second-order valence-corrected chi connectivity index (χ2v) is 5.95. The smallest absolute Gasteiger partial charge is 0.252 e. The van der Waals surface area contributed by atoms with Gasteiger partial charge in [-0.2, -0.15) is 11.8 Å². The lowest BCUT2D eigenvalue weighted by molar-refractivity contribution is 0.0725. The monoisotopic (exact) mass is 307 g/mol. The molecule has 0 spiro atoms. The van der Waals surface area contributed by atoms with Gasteiger partial charge in [0, 0.05) is 17.3 Å². The minimum absolute atomic E-state index is 0.172. The average molecular weight is 308 g/mol. The van der Waals surface area contributed by atoms with Crippen LogP contribution >= 0.6 is 35.0 Å². The predicted octanol–water partition coefficient (Wildman–Crippen LogP) is 2.84. The third-order valence-electron chi connectivity index (χ3n) is 2.26. The summed E-state index contributed by atoms with van der Waals surface area (Å²) in [6.45, 7) is 1.85. The maximum atomic E-state index is 11.9. The van der Waals surface area contributed by atoms with Crippen LogP contribution in [-0.2, 0) is 0 Å². The predicted molar refractivity (Wildman–Crippen MR) is 77.8 cm³/mol. The minimum Gasteiger partial charge on any atom is -0.387 e. The molecule has 0 aliphatic heterocycles. The van der Waals surface area contributed by atoms with Crippen LogP contribution in [0.5, 0.6) is 0 Å². The number of benzene rings is 1. The van der Waals surface area contributed by atoms with Crippen LogP contribution in [0.25, 0.3) is 0 Å². The normalized spacial score (nSPS) is 14.1. The molecular weight excluding hydrogens is 293 g/mol.